The zero-order valence-electron chi connectivity index (χ0n) is 8.78. The molecule has 2 rings (SSSR count). The fraction of sp³-hybridized carbons (Fsp3) is 0.182. The molecule has 1 atom stereocenters. The predicted molar refractivity (Wildman–Crippen MR) is 60.3 cm³/mol. The molecule has 96 valence electrons. The topological polar surface area (TPSA) is 41.8 Å². The van der Waals surface area contributed by atoms with E-state index in [0.717, 1.165) is 12.3 Å². The molecule has 1 unspecified atom stereocenters. The van der Waals surface area contributed by atoms with Gasteiger partial charge in [-0.25, -0.2) is 0 Å². The Bertz CT molecular complexity index is 526. The Kier molecular flexibility index (Phi) is 3.21. The molecule has 1 aromatic rings. The van der Waals surface area contributed by atoms with Gasteiger partial charge in [-0.05, 0) is 18.2 Å². The number of rotatable bonds is 1. The summed E-state index contributed by atoms with van der Waals surface area (Å²) in [5.74, 6) is -0.0120. The maximum absolute atomic E-state index is 12.5. The third-order valence-electron chi connectivity index (χ3n) is 2.33. The van der Waals surface area contributed by atoms with Gasteiger partial charge in [0.2, 0.25) is 6.10 Å². The van der Waals surface area contributed by atoms with Crippen molar-refractivity contribution in [1.82, 2.24) is 0 Å². The van der Waals surface area contributed by atoms with Gasteiger partial charge < -0.3 is 9.94 Å². The van der Waals surface area contributed by atoms with E-state index in [9.17, 15) is 13.2 Å². The fourth-order valence-electron chi connectivity index (χ4n) is 1.59. The number of halogens is 4. The average molecular weight is 278 g/mol. The van der Waals surface area contributed by atoms with Gasteiger partial charge in [-0.1, -0.05) is 22.8 Å². The molecular weight excluding hydrogens is 271 g/mol. The van der Waals surface area contributed by atoms with Crippen molar-refractivity contribution in [3.63, 3.8) is 0 Å². The molecule has 0 fully saturated rings. The maximum Gasteiger partial charge on any atom is 0.429 e. The molecule has 0 radical (unpaired) electrons. The number of nitrogens with zero attached hydrogens (tertiary/aromatic N) is 1. The van der Waals surface area contributed by atoms with Crippen molar-refractivity contribution >= 4 is 23.9 Å². The van der Waals surface area contributed by atoms with Gasteiger partial charge in [-0.15, -0.1) is 0 Å². The molecule has 1 aliphatic heterocycles. The molecule has 0 aliphatic carbocycles. The number of alkyl halides is 3. The van der Waals surface area contributed by atoms with Crippen LogP contribution in [0.4, 0.5) is 13.2 Å². The number of hydrogen-bond acceptors (Lipinski definition) is 3. The smallest absolute Gasteiger partial charge is 0.429 e. The Morgan fingerprint density at radius 3 is 2.72 bits per heavy atom. The summed E-state index contributed by atoms with van der Waals surface area (Å²) in [6, 6.07) is 2.82. The second-order valence-corrected chi connectivity index (χ2v) is 4.03. The minimum atomic E-state index is -4.50. The maximum atomic E-state index is 12.5. The third-order valence-corrected chi connectivity index (χ3v) is 2.54. The van der Waals surface area contributed by atoms with Crippen LogP contribution in [0.2, 0.25) is 5.02 Å². The molecule has 3 nitrogen and oxygen atoms in total. The fourth-order valence-corrected chi connectivity index (χ4v) is 1.82. The normalized spacial score (nSPS) is 18.8. The van der Waals surface area contributed by atoms with Crippen molar-refractivity contribution in [2.75, 3.05) is 0 Å². The van der Waals surface area contributed by atoms with Crippen molar-refractivity contribution in [2.24, 2.45) is 5.16 Å². The van der Waals surface area contributed by atoms with Crippen LogP contribution in [0, 0.1) is 0 Å². The lowest BCUT2D eigenvalue weighted by Crippen LogP contribution is -2.34. The molecular formula is C11H7ClF3NO2. The van der Waals surface area contributed by atoms with Crippen LogP contribution in [0.3, 0.4) is 0 Å². The minimum absolute atomic E-state index is 0.0120. The first-order valence-corrected chi connectivity index (χ1v) is 5.22. The first-order valence-electron chi connectivity index (χ1n) is 4.84. The number of fused-ring (bicyclic) bond motifs is 1. The van der Waals surface area contributed by atoms with Crippen molar-refractivity contribution < 1.29 is 23.1 Å². The lowest BCUT2D eigenvalue weighted by Gasteiger charge is -2.24. The second-order valence-electron chi connectivity index (χ2n) is 3.60. The zero-order chi connectivity index (χ0) is 13.3. The summed E-state index contributed by atoms with van der Waals surface area (Å²) in [7, 11) is 0. The minimum Gasteiger partial charge on any atom is -0.475 e. The SMILES string of the molecule is ON=Cc1cc(Cl)cc2c1OC(C(F)(F)F)C=C2. The molecule has 0 saturated carbocycles. The molecule has 0 bridgehead atoms. The molecule has 1 aliphatic rings. The van der Waals surface area contributed by atoms with E-state index in [4.69, 9.17) is 21.5 Å². The lowest BCUT2D eigenvalue weighted by molar-refractivity contribution is -0.180. The van der Waals surface area contributed by atoms with Crippen LogP contribution in [0.1, 0.15) is 11.1 Å². The van der Waals surface area contributed by atoms with Crippen LogP contribution in [0.5, 0.6) is 5.75 Å². The first kappa shape index (κ1) is 12.8. The van der Waals surface area contributed by atoms with E-state index in [1.54, 1.807) is 0 Å². The van der Waals surface area contributed by atoms with Crippen molar-refractivity contribution in [3.05, 3.63) is 34.4 Å². The van der Waals surface area contributed by atoms with Gasteiger partial charge in [0.1, 0.15) is 5.75 Å². The van der Waals surface area contributed by atoms with E-state index < -0.39 is 12.3 Å². The molecule has 7 heteroatoms. The number of ether oxygens (including phenoxy) is 1. The van der Waals surface area contributed by atoms with E-state index in [2.05, 4.69) is 5.16 Å². The monoisotopic (exact) mass is 277 g/mol. The highest BCUT2D eigenvalue weighted by Crippen LogP contribution is 2.36. The highest BCUT2D eigenvalue weighted by molar-refractivity contribution is 6.31. The van der Waals surface area contributed by atoms with Crippen LogP contribution in [0.25, 0.3) is 6.08 Å². The van der Waals surface area contributed by atoms with Crippen LogP contribution in [0.15, 0.2) is 23.4 Å². The second kappa shape index (κ2) is 4.53. The van der Waals surface area contributed by atoms with Crippen molar-refractivity contribution in [3.8, 4) is 5.75 Å². The third kappa shape index (κ3) is 2.43. The van der Waals surface area contributed by atoms with Gasteiger partial charge in [0.15, 0.2) is 0 Å². The van der Waals surface area contributed by atoms with E-state index in [1.807, 2.05) is 0 Å². The molecule has 1 N–H and O–H groups in total. The molecule has 0 saturated heterocycles. The summed E-state index contributed by atoms with van der Waals surface area (Å²) < 4.78 is 42.5. The van der Waals surface area contributed by atoms with Gasteiger partial charge >= 0.3 is 6.18 Å². The summed E-state index contributed by atoms with van der Waals surface area (Å²) >= 11 is 5.79. The summed E-state index contributed by atoms with van der Waals surface area (Å²) in [5, 5.41) is 11.5. The van der Waals surface area contributed by atoms with Crippen molar-refractivity contribution in [2.45, 2.75) is 12.3 Å². The lowest BCUT2D eigenvalue weighted by atomic mass is 10.1. The quantitative estimate of drug-likeness (QED) is 0.485. The Morgan fingerprint density at radius 2 is 2.11 bits per heavy atom. The Balaban J connectivity index is 2.47. The largest absolute Gasteiger partial charge is 0.475 e. The van der Waals surface area contributed by atoms with Gasteiger partial charge in [0.05, 0.1) is 6.21 Å². The van der Waals surface area contributed by atoms with E-state index in [1.165, 1.54) is 18.2 Å². The molecule has 18 heavy (non-hydrogen) atoms. The van der Waals surface area contributed by atoms with Crippen LogP contribution in [-0.4, -0.2) is 23.7 Å². The van der Waals surface area contributed by atoms with Gasteiger partial charge in [-0.2, -0.15) is 13.2 Å². The summed E-state index contributed by atoms with van der Waals surface area (Å²) in [6.07, 6.45) is -3.37. The van der Waals surface area contributed by atoms with E-state index in [0.29, 0.717) is 10.6 Å². The first-order chi connectivity index (χ1) is 8.41. The van der Waals surface area contributed by atoms with E-state index in [-0.39, 0.29) is 11.3 Å². The molecule has 0 spiro atoms. The number of oxime groups is 1. The Morgan fingerprint density at radius 1 is 1.39 bits per heavy atom. The molecule has 1 heterocycles. The van der Waals surface area contributed by atoms with Crippen LogP contribution < -0.4 is 4.74 Å². The van der Waals surface area contributed by atoms with Crippen LogP contribution in [-0.2, 0) is 0 Å². The standard InChI is InChI=1S/C11H7ClF3NO2/c12-8-3-6-1-2-9(11(13,14)15)18-10(6)7(4-8)5-16-17/h1-5,9,17H. The molecule has 0 amide bonds. The summed E-state index contributed by atoms with van der Waals surface area (Å²) in [6.45, 7) is 0. The highest BCUT2D eigenvalue weighted by Gasteiger charge is 2.41. The zero-order valence-corrected chi connectivity index (χ0v) is 9.53. The average Bonchev–Trinajstić information content (AvgIpc) is 2.27. The van der Waals surface area contributed by atoms with Gasteiger partial charge in [0.25, 0.3) is 0 Å². The molecule has 1 aromatic carbocycles. The van der Waals surface area contributed by atoms with Gasteiger partial charge in [0, 0.05) is 16.1 Å². The summed E-state index contributed by atoms with van der Waals surface area (Å²) in [5.41, 5.74) is 0.580. The highest BCUT2D eigenvalue weighted by atomic mass is 35.5. The molecule has 0 aromatic heterocycles. The summed E-state index contributed by atoms with van der Waals surface area (Å²) in [4.78, 5) is 0. The van der Waals surface area contributed by atoms with Gasteiger partial charge in [-0.3, -0.25) is 0 Å². The van der Waals surface area contributed by atoms with Crippen molar-refractivity contribution in [1.29, 1.82) is 0 Å². The predicted octanol–water partition coefficient (Wildman–Crippen LogP) is 3.48. The Labute approximate surface area is 105 Å². The van der Waals surface area contributed by atoms with Crippen LogP contribution >= 0.6 is 11.6 Å². The van der Waals surface area contributed by atoms with E-state index >= 15 is 0 Å². The number of hydrogen-bond donors (Lipinski definition) is 1. The number of benzene rings is 1. The Hall–Kier alpha value is -1.69.